The summed E-state index contributed by atoms with van der Waals surface area (Å²) < 4.78 is 0. The van der Waals surface area contributed by atoms with Crippen molar-refractivity contribution in [1.82, 2.24) is 10.2 Å². The molecule has 122 valence electrons. The smallest absolute Gasteiger partial charge is 0.234 e. The Morgan fingerprint density at radius 3 is 2.70 bits per heavy atom. The number of hydrogen-bond acceptors (Lipinski definition) is 4. The molecule has 0 spiro atoms. The van der Waals surface area contributed by atoms with Crippen LogP contribution in [0.4, 0.5) is 0 Å². The highest BCUT2D eigenvalue weighted by Crippen LogP contribution is 2.28. The van der Waals surface area contributed by atoms with E-state index in [9.17, 15) is 9.90 Å². The molecule has 1 aromatic carbocycles. The van der Waals surface area contributed by atoms with E-state index in [4.69, 9.17) is 0 Å². The molecule has 4 nitrogen and oxygen atoms in total. The quantitative estimate of drug-likeness (QED) is 0.782. The van der Waals surface area contributed by atoms with E-state index in [1.54, 1.807) is 11.3 Å². The third-order valence-electron chi connectivity index (χ3n) is 4.04. The summed E-state index contributed by atoms with van der Waals surface area (Å²) in [7, 11) is 0. The Hall–Kier alpha value is -1.69. The second kappa shape index (κ2) is 7.73. The summed E-state index contributed by atoms with van der Waals surface area (Å²) in [6.45, 7) is 1.43. The van der Waals surface area contributed by atoms with Gasteiger partial charge >= 0.3 is 0 Å². The van der Waals surface area contributed by atoms with Gasteiger partial charge in [0.25, 0.3) is 0 Å². The molecule has 2 N–H and O–H groups in total. The minimum atomic E-state index is -0.554. The van der Waals surface area contributed by atoms with Crippen molar-refractivity contribution < 1.29 is 9.90 Å². The SMILES string of the molecule is O=C(CN(C[C@@H](O)c1ccccc1)C1CC1)NCc1cccs1. The average molecular weight is 330 g/mol. The van der Waals surface area contributed by atoms with Gasteiger partial charge in [-0.2, -0.15) is 0 Å². The number of thiophene rings is 1. The molecule has 1 amide bonds. The highest BCUT2D eigenvalue weighted by Gasteiger charge is 2.31. The summed E-state index contributed by atoms with van der Waals surface area (Å²) in [6, 6.07) is 14.1. The summed E-state index contributed by atoms with van der Waals surface area (Å²) in [5, 5.41) is 15.4. The Labute approximate surface area is 140 Å². The van der Waals surface area contributed by atoms with Crippen LogP contribution in [0.1, 0.15) is 29.4 Å². The van der Waals surface area contributed by atoms with Gasteiger partial charge in [-0.05, 0) is 29.9 Å². The maximum absolute atomic E-state index is 12.2. The number of carbonyl (C=O) groups is 1. The topological polar surface area (TPSA) is 52.6 Å². The fraction of sp³-hybridized carbons (Fsp3) is 0.389. The monoisotopic (exact) mass is 330 g/mol. The lowest BCUT2D eigenvalue weighted by Crippen LogP contribution is -2.40. The van der Waals surface area contributed by atoms with Crippen LogP contribution in [0.2, 0.25) is 0 Å². The largest absolute Gasteiger partial charge is 0.387 e. The minimum absolute atomic E-state index is 0.0190. The first-order valence-corrected chi connectivity index (χ1v) is 8.86. The van der Waals surface area contributed by atoms with Crippen LogP contribution in [0.3, 0.4) is 0 Å². The maximum Gasteiger partial charge on any atom is 0.234 e. The van der Waals surface area contributed by atoms with Gasteiger partial charge in [0, 0.05) is 17.5 Å². The average Bonchev–Trinajstić information content (AvgIpc) is 3.29. The zero-order valence-corrected chi connectivity index (χ0v) is 13.8. The lowest BCUT2D eigenvalue weighted by Gasteiger charge is -2.24. The van der Waals surface area contributed by atoms with Gasteiger partial charge in [-0.1, -0.05) is 36.4 Å². The first-order valence-electron chi connectivity index (χ1n) is 7.98. The Morgan fingerprint density at radius 2 is 2.04 bits per heavy atom. The summed E-state index contributed by atoms with van der Waals surface area (Å²) in [5.41, 5.74) is 0.900. The Kier molecular flexibility index (Phi) is 5.43. The third kappa shape index (κ3) is 4.89. The van der Waals surface area contributed by atoms with Gasteiger partial charge in [0.15, 0.2) is 0 Å². The molecule has 1 saturated carbocycles. The Bertz CT molecular complexity index is 611. The highest BCUT2D eigenvalue weighted by molar-refractivity contribution is 7.09. The molecular weight excluding hydrogens is 308 g/mol. The van der Waals surface area contributed by atoms with Crippen LogP contribution in [0.5, 0.6) is 0 Å². The maximum atomic E-state index is 12.2. The zero-order valence-electron chi connectivity index (χ0n) is 13.0. The standard InChI is InChI=1S/C18H22N2O2S/c21-17(14-5-2-1-3-6-14)12-20(15-8-9-15)13-18(22)19-11-16-7-4-10-23-16/h1-7,10,15,17,21H,8-9,11-13H2,(H,19,22)/t17-/m1/s1. The van der Waals surface area contributed by atoms with Crippen molar-refractivity contribution in [3.05, 3.63) is 58.3 Å². The molecule has 0 saturated heterocycles. The molecule has 0 unspecified atom stereocenters. The number of hydrogen-bond donors (Lipinski definition) is 2. The summed E-state index contributed by atoms with van der Waals surface area (Å²) in [4.78, 5) is 15.4. The van der Waals surface area contributed by atoms with E-state index in [0.29, 0.717) is 25.7 Å². The van der Waals surface area contributed by atoms with Crippen LogP contribution < -0.4 is 5.32 Å². The number of benzene rings is 1. The Morgan fingerprint density at radius 1 is 1.26 bits per heavy atom. The molecule has 3 rings (SSSR count). The van der Waals surface area contributed by atoms with Gasteiger partial charge < -0.3 is 10.4 Å². The molecule has 0 bridgehead atoms. The van der Waals surface area contributed by atoms with E-state index in [-0.39, 0.29) is 5.91 Å². The van der Waals surface area contributed by atoms with Gasteiger partial charge in [-0.15, -0.1) is 11.3 Å². The van der Waals surface area contributed by atoms with Gasteiger partial charge in [0.1, 0.15) is 0 Å². The fourth-order valence-electron chi connectivity index (χ4n) is 2.62. The van der Waals surface area contributed by atoms with Crippen LogP contribution in [-0.4, -0.2) is 35.0 Å². The van der Waals surface area contributed by atoms with E-state index in [1.165, 1.54) is 0 Å². The van der Waals surface area contributed by atoms with Crippen LogP contribution in [0.25, 0.3) is 0 Å². The lowest BCUT2D eigenvalue weighted by atomic mass is 10.1. The molecular formula is C18H22N2O2S. The molecule has 1 aliphatic carbocycles. The minimum Gasteiger partial charge on any atom is -0.387 e. The predicted molar refractivity (Wildman–Crippen MR) is 92.2 cm³/mol. The lowest BCUT2D eigenvalue weighted by molar-refractivity contribution is -0.122. The van der Waals surface area contributed by atoms with E-state index in [1.807, 2.05) is 47.8 Å². The van der Waals surface area contributed by atoms with Crippen LogP contribution >= 0.6 is 11.3 Å². The number of aliphatic hydroxyl groups is 1. The highest BCUT2D eigenvalue weighted by atomic mass is 32.1. The number of aliphatic hydroxyl groups excluding tert-OH is 1. The number of amides is 1. The number of nitrogens with one attached hydrogen (secondary N) is 1. The molecule has 1 aromatic heterocycles. The molecule has 1 heterocycles. The first-order chi connectivity index (χ1) is 11.2. The molecule has 0 aliphatic heterocycles. The molecule has 2 aromatic rings. The fourth-order valence-corrected chi connectivity index (χ4v) is 3.27. The van der Waals surface area contributed by atoms with Crippen LogP contribution in [-0.2, 0) is 11.3 Å². The van der Waals surface area contributed by atoms with E-state index < -0.39 is 6.10 Å². The number of carbonyl (C=O) groups excluding carboxylic acids is 1. The summed E-state index contributed by atoms with van der Waals surface area (Å²) in [6.07, 6.45) is 1.67. The first kappa shape index (κ1) is 16.2. The van der Waals surface area contributed by atoms with Crippen LogP contribution in [0.15, 0.2) is 47.8 Å². The van der Waals surface area contributed by atoms with E-state index >= 15 is 0 Å². The van der Waals surface area contributed by atoms with Crippen molar-refractivity contribution in [3.8, 4) is 0 Å². The molecule has 0 radical (unpaired) electrons. The normalized spacial score (nSPS) is 15.6. The van der Waals surface area contributed by atoms with Crippen LogP contribution in [0, 0.1) is 0 Å². The predicted octanol–water partition coefficient (Wildman–Crippen LogP) is 2.56. The summed E-state index contributed by atoms with van der Waals surface area (Å²) in [5.74, 6) is 0.0190. The summed E-state index contributed by atoms with van der Waals surface area (Å²) >= 11 is 1.64. The van der Waals surface area contributed by atoms with Crippen molar-refractivity contribution in [2.75, 3.05) is 13.1 Å². The molecule has 5 heteroatoms. The second-order valence-corrected chi connectivity index (χ2v) is 6.98. The number of nitrogens with zero attached hydrogens (tertiary/aromatic N) is 1. The van der Waals surface area contributed by atoms with Crippen molar-refractivity contribution >= 4 is 17.2 Å². The van der Waals surface area contributed by atoms with Gasteiger partial charge in [-0.3, -0.25) is 9.69 Å². The van der Waals surface area contributed by atoms with E-state index in [0.717, 1.165) is 23.3 Å². The van der Waals surface area contributed by atoms with E-state index in [2.05, 4.69) is 10.2 Å². The third-order valence-corrected chi connectivity index (χ3v) is 4.92. The van der Waals surface area contributed by atoms with Gasteiger partial charge in [0.2, 0.25) is 5.91 Å². The molecule has 1 atom stereocenters. The van der Waals surface area contributed by atoms with Crippen molar-refractivity contribution in [1.29, 1.82) is 0 Å². The molecule has 23 heavy (non-hydrogen) atoms. The zero-order chi connectivity index (χ0) is 16.1. The second-order valence-electron chi connectivity index (χ2n) is 5.94. The number of rotatable bonds is 8. The molecule has 1 aliphatic rings. The van der Waals surface area contributed by atoms with Gasteiger partial charge in [-0.25, -0.2) is 0 Å². The van der Waals surface area contributed by atoms with Gasteiger partial charge in [0.05, 0.1) is 19.2 Å². The van der Waals surface area contributed by atoms with Crippen molar-refractivity contribution in [2.24, 2.45) is 0 Å². The van der Waals surface area contributed by atoms with Crippen molar-refractivity contribution in [3.63, 3.8) is 0 Å². The Balaban J connectivity index is 1.51. The van der Waals surface area contributed by atoms with Crippen molar-refractivity contribution in [2.45, 2.75) is 31.5 Å². The molecule has 1 fully saturated rings.